The second kappa shape index (κ2) is 8.28. The molecule has 124 valence electrons. The Hall–Kier alpha value is -2.41. The van der Waals surface area contributed by atoms with Gasteiger partial charge >= 0.3 is 0 Å². The molecule has 23 heavy (non-hydrogen) atoms. The predicted molar refractivity (Wildman–Crippen MR) is 88.3 cm³/mol. The number of amides is 1. The molecule has 2 heterocycles. The minimum atomic E-state index is -0.247. The Bertz CT molecular complexity index is 625. The van der Waals surface area contributed by atoms with E-state index in [4.69, 9.17) is 4.42 Å². The van der Waals surface area contributed by atoms with Gasteiger partial charge in [-0.05, 0) is 52.2 Å². The Morgan fingerprint density at radius 2 is 2.17 bits per heavy atom. The normalized spacial score (nSPS) is 10.8. The first-order chi connectivity index (χ1) is 11.0. The highest BCUT2D eigenvalue weighted by molar-refractivity contribution is 5.92. The van der Waals surface area contributed by atoms with Crippen molar-refractivity contribution in [1.29, 1.82) is 0 Å². The maximum atomic E-state index is 12.2. The lowest BCUT2D eigenvalue weighted by Crippen LogP contribution is -2.24. The molecule has 2 aromatic heterocycles. The van der Waals surface area contributed by atoms with Gasteiger partial charge < -0.3 is 20.0 Å². The van der Waals surface area contributed by atoms with Crippen LogP contribution in [0.15, 0.2) is 28.9 Å². The van der Waals surface area contributed by atoms with Gasteiger partial charge in [0.05, 0.1) is 12.8 Å². The molecule has 0 spiro atoms. The van der Waals surface area contributed by atoms with E-state index in [1.54, 1.807) is 18.4 Å². The molecule has 0 bridgehead atoms. The third-order valence-electron chi connectivity index (χ3n) is 3.16. The van der Waals surface area contributed by atoms with Crippen LogP contribution in [-0.2, 0) is 6.54 Å². The van der Waals surface area contributed by atoms with E-state index in [-0.39, 0.29) is 5.91 Å². The zero-order valence-corrected chi connectivity index (χ0v) is 13.8. The first-order valence-corrected chi connectivity index (χ1v) is 7.59. The SMILES string of the molecule is Cc1cc(C(=O)NCc2ccco2)nc(NCCCN(C)C)n1. The second-order valence-corrected chi connectivity index (χ2v) is 5.56. The molecule has 0 aliphatic carbocycles. The summed E-state index contributed by atoms with van der Waals surface area (Å²) >= 11 is 0. The van der Waals surface area contributed by atoms with Crippen molar-refractivity contribution in [2.75, 3.05) is 32.5 Å². The summed E-state index contributed by atoms with van der Waals surface area (Å²) in [5.41, 5.74) is 1.09. The van der Waals surface area contributed by atoms with Crippen LogP contribution in [0.4, 0.5) is 5.95 Å². The zero-order valence-electron chi connectivity index (χ0n) is 13.8. The minimum Gasteiger partial charge on any atom is -0.467 e. The Balaban J connectivity index is 1.91. The van der Waals surface area contributed by atoms with E-state index >= 15 is 0 Å². The average Bonchev–Trinajstić information content (AvgIpc) is 3.02. The van der Waals surface area contributed by atoms with Crippen LogP contribution in [-0.4, -0.2) is 48.0 Å². The molecular formula is C16H23N5O2. The van der Waals surface area contributed by atoms with Crippen molar-refractivity contribution in [3.05, 3.63) is 41.6 Å². The number of carbonyl (C=O) groups excluding carboxylic acids is 1. The first kappa shape index (κ1) is 17.0. The fourth-order valence-electron chi connectivity index (χ4n) is 2.03. The van der Waals surface area contributed by atoms with Crippen LogP contribution in [0, 0.1) is 6.92 Å². The molecule has 2 rings (SSSR count). The van der Waals surface area contributed by atoms with Crippen LogP contribution in [0.25, 0.3) is 0 Å². The summed E-state index contributed by atoms with van der Waals surface area (Å²) in [6.07, 6.45) is 2.55. The number of furan rings is 1. The lowest BCUT2D eigenvalue weighted by molar-refractivity contribution is 0.0943. The van der Waals surface area contributed by atoms with Gasteiger partial charge in [0.25, 0.3) is 5.91 Å². The quantitative estimate of drug-likeness (QED) is 0.721. The van der Waals surface area contributed by atoms with Crippen molar-refractivity contribution < 1.29 is 9.21 Å². The highest BCUT2D eigenvalue weighted by atomic mass is 16.3. The number of anilines is 1. The zero-order chi connectivity index (χ0) is 16.7. The lowest BCUT2D eigenvalue weighted by atomic mass is 10.3. The van der Waals surface area contributed by atoms with Crippen LogP contribution in [0.2, 0.25) is 0 Å². The number of nitrogens with one attached hydrogen (secondary N) is 2. The fraction of sp³-hybridized carbons (Fsp3) is 0.438. The van der Waals surface area contributed by atoms with E-state index in [2.05, 4.69) is 25.5 Å². The molecule has 0 fully saturated rings. The predicted octanol–water partition coefficient (Wildman–Crippen LogP) is 1.67. The summed E-state index contributed by atoms with van der Waals surface area (Å²) in [5, 5.41) is 5.94. The second-order valence-electron chi connectivity index (χ2n) is 5.56. The molecule has 2 N–H and O–H groups in total. The van der Waals surface area contributed by atoms with Crippen molar-refractivity contribution in [2.45, 2.75) is 19.9 Å². The first-order valence-electron chi connectivity index (χ1n) is 7.59. The van der Waals surface area contributed by atoms with Crippen molar-refractivity contribution in [3.63, 3.8) is 0 Å². The summed E-state index contributed by atoms with van der Waals surface area (Å²) < 4.78 is 5.19. The molecular weight excluding hydrogens is 294 g/mol. The van der Waals surface area contributed by atoms with Gasteiger partial charge in [-0.3, -0.25) is 4.79 Å². The Labute approximate surface area is 136 Å². The molecule has 0 atom stereocenters. The van der Waals surface area contributed by atoms with Crippen molar-refractivity contribution >= 4 is 11.9 Å². The number of hydrogen-bond acceptors (Lipinski definition) is 6. The van der Waals surface area contributed by atoms with E-state index in [0.29, 0.717) is 23.9 Å². The Morgan fingerprint density at radius 1 is 1.35 bits per heavy atom. The van der Waals surface area contributed by atoms with Gasteiger partial charge in [0.2, 0.25) is 5.95 Å². The fourth-order valence-corrected chi connectivity index (χ4v) is 2.03. The van der Waals surface area contributed by atoms with Gasteiger partial charge in [-0.1, -0.05) is 0 Å². The Kier molecular flexibility index (Phi) is 6.10. The van der Waals surface area contributed by atoms with Crippen LogP contribution < -0.4 is 10.6 Å². The summed E-state index contributed by atoms with van der Waals surface area (Å²) in [7, 11) is 4.06. The van der Waals surface area contributed by atoms with Crippen LogP contribution in [0.3, 0.4) is 0 Å². The molecule has 7 nitrogen and oxygen atoms in total. The number of hydrogen-bond donors (Lipinski definition) is 2. The van der Waals surface area contributed by atoms with Crippen molar-refractivity contribution in [1.82, 2.24) is 20.2 Å². The molecule has 0 radical (unpaired) electrons. The van der Waals surface area contributed by atoms with E-state index in [9.17, 15) is 4.79 Å². The van der Waals surface area contributed by atoms with Gasteiger partial charge in [0.1, 0.15) is 11.5 Å². The molecule has 7 heteroatoms. The third-order valence-corrected chi connectivity index (χ3v) is 3.16. The van der Waals surface area contributed by atoms with E-state index in [1.807, 2.05) is 27.1 Å². The summed E-state index contributed by atoms with van der Waals surface area (Å²) in [6.45, 7) is 3.92. The third kappa shape index (κ3) is 5.71. The van der Waals surface area contributed by atoms with Gasteiger partial charge in [-0.25, -0.2) is 9.97 Å². The van der Waals surface area contributed by atoms with Crippen LogP contribution >= 0.6 is 0 Å². The maximum Gasteiger partial charge on any atom is 0.270 e. The molecule has 1 amide bonds. The van der Waals surface area contributed by atoms with E-state index in [0.717, 1.165) is 25.2 Å². The van der Waals surface area contributed by atoms with Gasteiger partial charge in [0.15, 0.2) is 0 Å². The highest BCUT2D eigenvalue weighted by Gasteiger charge is 2.11. The number of nitrogens with zero attached hydrogens (tertiary/aromatic N) is 3. The largest absolute Gasteiger partial charge is 0.467 e. The minimum absolute atomic E-state index is 0.247. The van der Waals surface area contributed by atoms with Gasteiger partial charge in [-0.2, -0.15) is 0 Å². The number of carbonyl (C=O) groups is 1. The molecule has 2 aromatic rings. The monoisotopic (exact) mass is 317 g/mol. The molecule has 0 saturated carbocycles. The van der Waals surface area contributed by atoms with E-state index in [1.165, 1.54) is 0 Å². The average molecular weight is 317 g/mol. The highest BCUT2D eigenvalue weighted by Crippen LogP contribution is 2.06. The molecule has 0 aliphatic heterocycles. The van der Waals surface area contributed by atoms with Gasteiger partial charge in [-0.15, -0.1) is 0 Å². The number of aryl methyl sites for hydroxylation is 1. The van der Waals surface area contributed by atoms with E-state index < -0.39 is 0 Å². The molecule has 0 unspecified atom stereocenters. The smallest absolute Gasteiger partial charge is 0.270 e. The topological polar surface area (TPSA) is 83.3 Å². The molecule has 0 saturated heterocycles. The standard InChI is InChI=1S/C16H23N5O2/c1-12-10-14(15(22)18-11-13-6-4-9-23-13)20-16(19-12)17-7-5-8-21(2)3/h4,6,9-10H,5,7-8,11H2,1-3H3,(H,18,22)(H,17,19,20). The summed E-state index contributed by atoms with van der Waals surface area (Å²) in [5.74, 6) is 0.932. The van der Waals surface area contributed by atoms with Crippen molar-refractivity contribution in [3.8, 4) is 0 Å². The number of aromatic nitrogens is 2. The molecule has 0 aliphatic rings. The van der Waals surface area contributed by atoms with Crippen LogP contribution in [0.1, 0.15) is 28.4 Å². The summed E-state index contributed by atoms with van der Waals surface area (Å²) in [4.78, 5) is 22.9. The lowest BCUT2D eigenvalue weighted by Gasteiger charge is -2.11. The van der Waals surface area contributed by atoms with Crippen LogP contribution in [0.5, 0.6) is 0 Å². The summed E-state index contributed by atoms with van der Waals surface area (Å²) in [6, 6.07) is 5.26. The number of rotatable bonds is 8. The molecule has 0 aromatic carbocycles. The maximum absolute atomic E-state index is 12.2. The Morgan fingerprint density at radius 3 is 2.87 bits per heavy atom. The van der Waals surface area contributed by atoms with Crippen molar-refractivity contribution in [2.24, 2.45) is 0 Å². The van der Waals surface area contributed by atoms with Gasteiger partial charge in [0, 0.05) is 12.2 Å².